The van der Waals surface area contributed by atoms with Crippen molar-refractivity contribution in [3.05, 3.63) is 48.0 Å². The standard InChI is InChI=1S/C27H32N2O5S/c1-18-2-4-22(5-3-18)29(35(31,32)23-6-7-24-25(13-23)34-9-8-33-24)17-26(30)28-27-14-19-10-20(15-27)12-21(11-19)16-27/h2-7,13,19-21H,8-12,14-17H2,1H3,(H,28,30). The van der Waals surface area contributed by atoms with Gasteiger partial charge >= 0.3 is 0 Å². The van der Waals surface area contributed by atoms with Gasteiger partial charge in [-0.2, -0.15) is 0 Å². The average molecular weight is 497 g/mol. The molecule has 7 nitrogen and oxygen atoms in total. The molecule has 0 radical (unpaired) electrons. The number of nitrogens with zero attached hydrogens (tertiary/aromatic N) is 1. The van der Waals surface area contributed by atoms with Crippen molar-refractivity contribution in [2.24, 2.45) is 17.8 Å². The smallest absolute Gasteiger partial charge is 0.264 e. The molecule has 0 aromatic heterocycles. The minimum atomic E-state index is -4.02. The van der Waals surface area contributed by atoms with Crippen molar-refractivity contribution < 1.29 is 22.7 Å². The highest BCUT2D eigenvalue weighted by molar-refractivity contribution is 7.92. The van der Waals surface area contributed by atoms with Crippen molar-refractivity contribution >= 4 is 21.6 Å². The maximum Gasteiger partial charge on any atom is 0.264 e. The molecule has 2 aromatic rings. The summed E-state index contributed by atoms with van der Waals surface area (Å²) in [5.41, 5.74) is 1.31. The second-order valence-corrected chi connectivity index (χ2v) is 12.8. The van der Waals surface area contributed by atoms with Crippen LogP contribution in [-0.2, 0) is 14.8 Å². The van der Waals surface area contributed by atoms with Crippen LogP contribution in [0.5, 0.6) is 11.5 Å². The first-order chi connectivity index (χ1) is 16.8. The summed E-state index contributed by atoms with van der Waals surface area (Å²) in [6.45, 7) is 2.48. The van der Waals surface area contributed by atoms with E-state index in [-0.39, 0.29) is 22.9 Å². The Bertz CT molecular complexity index is 1210. The van der Waals surface area contributed by atoms with Gasteiger partial charge in [-0.15, -0.1) is 0 Å². The van der Waals surface area contributed by atoms with E-state index in [1.54, 1.807) is 18.2 Å². The van der Waals surface area contributed by atoms with Gasteiger partial charge in [-0.3, -0.25) is 9.10 Å². The van der Waals surface area contributed by atoms with Crippen LogP contribution in [0.2, 0.25) is 0 Å². The van der Waals surface area contributed by atoms with Crippen molar-refractivity contribution in [2.45, 2.75) is 55.9 Å². The van der Waals surface area contributed by atoms with Gasteiger partial charge in [0.2, 0.25) is 5.91 Å². The molecular formula is C27H32N2O5S. The Morgan fingerprint density at radius 1 is 0.943 bits per heavy atom. The van der Waals surface area contributed by atoms with Crippen molar-refractivity contribution in [3.8, 4) is 11.5 Å². The first-order valence-corrected chi connectivity index (χ1v) is 14.0. The van der Waals surface area contributed by atoms with Crippen LogP contribution in [0.3, 0.4) is 0 Å². The van der Waals surface area contributed by atoms with Crippen LogP contribution in [0.25, 0.3) is 0 Å². The molecule has 4 bridgehead atoms. The number of aryl methyl sites for hydroxylation is 1. The maximum absolute atomic E-state index is 13.9. The monoisotopic (exact) mass is 496 g/mol. The molecule has 0 saturated heterocycles. The lowest BCUT2D eigenvalue weighted by Crippen LogP contribution is -2.61. The number of carbonyl (C=O) groups is 1. The SMILES string of the molecule is Cc1ccc(N(CC(=O)NC23CC4CC(CC(C4)C2)C3)S(=O)(=O)c2ccc3c(c2)OCCO3)cc1. The highest BCUT2D eigenvalue weighted by Gasteiger charge is 2.51. The van der Waals surface area contributed by atoms with Gasteiger partial charge < -0.3 is 14.8 Å². The van der Waals surface area contributed by atoms with Crippen molar-refractivity contribution in [2.75, 3.05) is 24.1 Å². The summed E-state index contributed by atoms with van der Waals surface area (Å²) in [6, 6.07) is 11.8. The minimum Gasteiger partial charge on any atom is -0.486 e. The molecule has 0 unspecified atom stereocenters. The molecule has 35 heavy (non-hydrogen) atoms. The average Bonchev–Trinajstić information content (AvgIpc) is 2.81. The number of hydrogen-bond acceptors (Lipinski definition) is 5. The molecule has 2 aromatic carbocycles. The molecule has 186 valence electrons. The fraction of sp³-hybridized carbons (Fsp3) is 0.519. The summed E-state index contributed by atoms with van der Waals surface area (Å²) in [5.74, 6) is 2.76. The molecule has 1 N–H and O–H groups in total. The summed E-state index contributed by atoms with van der Waals surface area (Å²) in [6.07, 6.45) is 6.90. The van der Waals surface area contributed by atoms with E-state index in [1.165, 1.54) is 35.7 Å². The second kappa shape index (κ2) is 8.43. The van der Waals surface area contributed by atoms with Crippen LogP contribution in [-0.4, -0.2) is 39.6 Å². The number of sulfonamides is 1. The topological polar surface area (TPSA) is 84.9 Å². The van der Waals surface area contributed by atoms with E-state index in [1.807, 2.05) is 19.1 Å². The fourth-order valence-electron chi connectivity index (χ4n) is 7.07. The van der Waals surface area contributed by atoms with Crippen LogP contribution < -0.4 is 19.1 Å². The Labute approximate surface area is 206 Å². The molecule has 4 saturated carbocycles. The Balaban J connectivity index is 1.29. The highest BCUT2D eigenvalue weighted by Crippen LogP contribution is 2.55. The van der Waals surface area contributed by atoms with Gasteiger partial charge in [-0.05, 0) is 87.5 Å². The zero-order valence-corrected chi connectivity index (χ0v) is 20.9. The van der Waals surface area contributed by atoms with E-state index in [0.29, 0.717) is 48.2 Å². The summed E-state index contributed by atoms with van der Waals surface area (Å²) in [4.78, 5) is 13.5. The van der Waals surface area contributed by atoms with Gasteiger partial charge in [0, 0.05) is 11.6 Å². The zero-order chi connectivity index (χ0) is 24.2. The quantitative estimate of drug-likeness (QED) is 0.652. The first kappa shape index (κ1) is 22.7. The van der Waals surface area contributed by atoms with Crippen LogP contribution in [0.15, 0.2) is 47.4 Å². The summed E-state index contributed by atoms with van der Waals surface area (Å²) in [5, 5.41) is 3.32. The Kier molecular flexibility index (Phi) is 5.47. The predicted octanol–water partition coefficient (Wildman–Crippen LogP) is 4.05. The van der Waals surface area contributed by atoms with Gasteiger partial charge in [0.1, 0.15) is 19.8 Å². The lowest BCUT2D eigenvalue weighted by atomic mass is 9.53. The molecule has 0 spiro atoms. The van der Waals surface area contributed by atoms with Crippen molar-refractivity contribution in [1.29, 1.82) is 0 Å². The predicted molar refractivity (Wildman–Crippen MR) is 132 cm³/mol. The number of rotatable bonds is 6. The van der Waals surface area contributed by atoms with E-state index in [9.17, 15) is 13.2 Å². The molecular weight excluding hydrogens is 464 g/mol. The molecule has 4 aliphatic carbocycles. The molecule has 1 heterocycles. The van der Waals surface area contributed by atoms with E-state index < -0.39 is 10.0 Å². The van der Waals surface area contributed by atoms with Crippen molar-refractivity contribution in [1.82, 2.24) is 5.32 Å². The van der Waals surface area contributed by atoms with Crippen molar-refractivity contribution in [3.63, 3.8) is 0 Å². The normalized spacial score (nSPS) is 28.5. The highest BCUT2D eigenvalue weighted by atomic mass is 32.2. The Morgan fingerprint density at radius 2 is 1.54 bits per heavy atom. The molecule has 8 heteroatoms. The number of nitrogens with one attached hydrogen (secondary N) is 1. The maximum atomic E-state index is 13.9. The molecule has 5 aliphatic rings. The third kappa shape index (κ3) is 4.26. The third-order valence-electron chi connectivity index (χ3n) is 8.15. The Morgan fingerprint density at radius 3 is 2.17 bits per heavy atom. The van der Waals surface area contributed by atoms with Gasteiger partial charge in [0.25, 0.3) is 10.0 Å². The molecule has 1 amide bonds. The van der Waals surface area contributed by atoms with Crippen LogP contribution in [0.4, 0.5) is 5.69 Å². The molecule has 7 rings (SSSR count). The van der Waals surface area contributed by atoms with Crippen LogP contribution >= 0.6 is 0 Å². The number of hydrogen-bond donors (Lipinski definition) is 1. The van der Waals surface area contributed by atoms with Gasteiger partial charge in [0.05, 0.1) is 10.6 Å². The number of carbonyl (C=O) groups excluding carboxylic acids is 1. The van der Waals surface area contributed by atoms with E-state index in [2.05, 4.69) is 5.32 Å². The fourth-order valence-corrected chi connectivity index (χ4v) is 8.50. The summed E-state index contributed by atoms with van der Waals surface area (Å²) in [7, 11) is -4.02. The number of benzene rings is 2. The second-order valence-electron chi connectivity index (χ2n) is 10.9. The largest absolute Gasteiger partial charge is 0.486 e. The van der Waals surface area contributed by atoms with Gasteiger partial charge in [0.15, 0.2) is 11.5 Å². The van der Waals surface area contributed by atoms with E-state index >= 15 is 0 Å². The van der Waals surface area contributed by atoms with E-state index in [0.717, 1.165) is 24.8 Å². The number of anilines is 1. The number of fused-ring (bicyclic) bond motifs is 1. The molecule has 0 atom stereocenters. The van der Waals surface area contributed by atoms with Gasteiger partial charge in [-0.25, -0.2) is 8.42 Å². The third-order valence-corrected chi connectivity index (χ3v) is 9.92. The molecule has 1 aliphatic heterocycles. The summed E-state index contributed by atoms with van der Waals surface area (Å²) < 4.78 is 40.1. The lowest BCUT2D eigenvalue weighted by molar-refractivity contribution is -0.125. The number of ether oxygens (including phenoxy) is 2. The minimum absolute atomic E-state index is 0.0740. The van der Waals surface area contributed by atoms with Gasteiger partial charge in [-0.1, -0.05) is 17.7 Å². The zero-order valence-electron chi connectivity index (χ0n) is 20.0. The first-order valence-electron chi connectivity index (χ1n) is 12.6. The number of amides is 1. The molecule has 4 fully saturated rings. The Hall–Kier alpha value is -2.74. The lowest BCUT2D eigenvalue weighted by Gasteiger charge is -2.57. The van der Waals surface area contributed by atoms with Crippen LogP contribution in [0, 0.1) is 24.7 Å². The summed E-state index contributed by atoms with van der Waals surface area (Å²) >= 11 is 0. The van der Waals surface area contributed by atoms with E-state index in [4.69, 9.17) is 9.47 Å². The van der Waals surface area contributed by atoms with Crippen LogP contribution in [0.1, 0.15) is 44.1 Å².